The molecule has 3 aliphatic carbocycles. The number of hydrogen-bond acceptors (Lipinski definition) is 10. The fourth-order valence-corrected chi connectivity index (χ4v) is 6.88. The summed E-state index contributed by atoms with van der Waals surface area (Å²) in [5, 5.41) is 47.5. The first-order valence-electron chi connectivity index (χ1n) is 14.7. The summed E-state index contributed by atoms with van der Waals surface area (Å²) in [6.45, 7) is 2.13. The standard InChI is InChI=1S/C33H39N3O8/c1-6-7-8-16-9-11-17(12-10-16)19-15-22(35(2)3)20-13-18-14-21-29(44-36(4)5)28(39)25(32(34)42)31(41)33(21,43)30(40)23(18)27(38)24(20)26(19)37/h9-12,15,18,21,29,37-38,41,43H,6-8,13-14H2,1-5H3,(H2,34,42)/t18-,21-,29-,33-/m0/s1. The topological polar surface area (TPSA) is 174 Å². The van der Waals surface area contributed by atoms with Crippen molar-refractivity contribution in [2.45, 2.75) is 50.7 Å². The summed E-state index contributed by atoms with van der Waals surface area (Å²) in [5.41, 5.74) is 5.14. The number of amides is 1. The van der Waals surface area contributed by atoms with Crippen LogP contribution in [0.3, 0.4) is 0 Å². The van der Waals surface area contributed by atoms with E-state index in [0.29, 0.717) is 22.4 Å². The zero-order valence-corrected chi connectivity index (χ0v) is 25.5. The predicted molar refractivity (Wildman–Crippen MR) is 164 cm³/mol. The van der Waals surface area contributed by atoms with E-state index in [9.17, 15) is 34.8 Å². The lowest BCUT2D eigenvalue weighted by molar-refractivity contribution is -0.212. The minimum atomic E-state index is -2.78. The van der Waals surface area contributed by atoms with E-state index in [0.717, 1.165) is 24.8 Å². The van der Waals surface area contributed by atoms with Gasteiger partial charge in [-0.3, -0.25) is 19.2 Å². The number of primary amides is 1. The normalized spacial score (nSPS) is 24.8. The Morgan fingerprint density at radius 1 is 1.09 bits per heavy atom. The molecule has 0 saturated heterocycles. The van der Waals surface area contributed by atoms with Gasteiger partial charge in [-0.2, -0.15) is 5.06 Å². The van der Waals surface area contributed by atoms with Crippen molar-refractivity contribution in [1.82, 2.24) is 5.06 Å². The second kappa shape index (κ2) is 11.4. The van der Waals surface area contributed by atoms with Gasteiger partial charge in [0.15, 0.2) is 5.60 Å². The Balaban J connectivity index is 1.70. The number of hydrogen-bond donors (Lipinski definition) is 5. The van der Waals surface area contributed by atoms with Gasteiger partial charge in [-0.15, -0.1) is 0 Å². The molecule has 234 valence electrons. The van der Waals surface area contributed by atoms with Gasteiger partial charge in [0, 0.05) is 50.9 Å². The minimum absolute atomic E-state index is 0.0504. The van der Waals surface area contributed by atoms with E-state index in [-0.39, 0.29) is 29.7 Å². The fourth-order valence-electron chi connectivity index (χ4n) is 6.88. The van der Waals surface area contributed by atoms with Gasteiger partial charge in [0.1, 0.15) is 28.9 Å². The number of Topliss-reactive ketones (excluding diaryl/α,β-unsaturated/α-hetero) is 2. The van der Waals surface area contributed by atoms with E-state index in [1.807, 2.05) is 49.3 Å². The van der Waals surface area contributed by atoms with Gasteiger partial charge in [0.25, 0.3) is 5.91 Å². The largest absolute Gasteiger partial charge is 0.508 e. The van der Waals surface area contributed by atoms with E-state index in [2.05, 4.69) is 6.92 Å². The number of carbonyl (C=O) groups is 3. The van der Waals surface area contributed by atoms with Crippen LogP contribution >= 0.6 is 0 Å². The first kappa shape index (κ1) is 31.2. The molecule has 3 aliphatic rings. The van der Waals surface area contributed by atoms with Crippen LogP contribution in [0.5, 0.6) is 5.75 Å². The number of aliphatic hydroxyl groups excluding tert-OH is 2. The molecule has 1 fully saturated rings. The summed E-state index contributed by atoms with van der Waals surface area (Å²) in [7, 11) is 6.66. The lowest BCUT2D eigenvalue weighted by Crippen LogP contribution is -2.64. The summed E-state index contributed by atoms with van der Waals surface area (Å²) in [6.07, 6.45) is 1.67. The molecule has 2 aromatic rings. The zero-order chi connectivity index (χ0) is 32.2. The van der Waals surface area contributed by atoms with Crippen LogP contribution in [0.4, 0.5) is 5.69 Å². The quantitative estimate of drug-likeness (QED) is 0.222. The summed E-state index contributed by atoms with van der Waals surface area (Å²) in [5.74, 6) is -7.29. The number of phenolic OH excluding ortho intramolecular Hbond substituents is 1. The number of fused-ring (bicyclic) bond motifs is 3. The van der Waals surface area contributed by atoms with E-state index in [1.165, 1.54) is 19.2 Å². The fraction of sp³-hybridized carbons (Fsp3) is 0.424. The molecule has 0 radical (unpaired) electrons. The maximum absolute atomic E-state index is 14.2. The maximum Gasteiger partial charge on any atom is 0.255 e. The molecule has 11 nitrogen and oxygen atoms in total. The summed E-state index contributed by atoms with van der Waals surface area (Å²) in [6, 6.07) is 9.63. The van der Waals surface area contributed by atoms with Gasteiger partial charge in [-0.1, -0.05) is 37.6 Å². The van der Waals surface area contributed by atoms with E-state index in [4.69, 9.17) is 10.6 Å². The van der Waals surface area contributed by atoms with Crippen molar-refractivity contribution in [1.29, 1.82) is 0 Å². The Bertz CT molecular complexity index is 1610. The number of benzene rings is 2. The van der Waals surface area contributed by atoms with Gasteiger partial charge >= 0.3 is 0 Å². The first-order valence-corrected chi connectivity index (χ1v) is 14.7. The van der Waals surface area contributed by atoms with Crippen LogP contribution in [0.15, 0.2) is 47.2 Å². The van der Waals surface area contributed by atoms with Crippen molar-refractivity contribution >= 4 is 28.9 Å². The highest BCUT2D eigenvalue weighted by Crippen LogP contribution is 2.54. The molecule has 0 unspecified atom stereocenters. The number of phenols is 1. The number of nitrogens with zero attached hydrogens (tertiary/aromatic N) is 2. The second-order valence-electron chi connectivity index (χ2n) is 12.2. The summed E-state index contributed by atoms with van der Waals surface area (Å²) in [4.78, 5) is 47.2. The number of aromatic hydroxyl groups is 1. The van der Waals surface area contributed by atoms with Crippen molar-refractivity contribution in [3.05, 3.63) is 63.9 Å². The smallest absolute Gasteiger partial charge is 0.255 e. The Hall–Kier alpha value is -4.19. The lowest BCUT2D eigenvalue weighted by Gasteiger charge is -2.49. The van der Waals surface area contributed by atoms with E-state index < -0.39 is 58.1 Å². The van der Waals surface area contributed by atoms with Crippen LogP contribution in [0.2, 0.25) is 0 Å². The monoisotopic (exact) mass is 605 g/mol. The number of aliphatic hydroxyl groups is 3. The lowest BCUT2D eigenvalue weighted by atomic mass is 9.58. The van der Waals surface area contributed by atoms with Crippen LogP contribution in [-0.2, 0) is 32.1 Å². The molecule has 2 aromatic carbocycles. The number of carbonyl (C=O) groups excluding carboxylic acids is 3. The van der Waals surface area contributed by atoms with Crippen LogP contribution in [-0.4, -0.2) is 82.9 Å². The molecule has 11 heteroatoms. The number of unbranched alkanes of at least 4 members (excludes halogenated alkanes) is 1. The molecule has 44 heavy (non-hydrogen) atoms. The number of aryl methyl sites for hydroxylation is 1. The van der Waals surface area contributed by atoms with E-state index in [1.54, 1.807) is 0 Å². The minimum Gasteiger partial charge on any atom is -0.508 e. The molecule has 6 N–H and O–H groups in total. The highest BCUT2D eigenvalue weighted by atomic mass is 16.7. The third-order valence-corrected chi connectivity index (χ3v) is 9.01. The van der Waals surface area contributed by atoms with Crippen molar-refractivity contribution in [2.24, 2.45) is 17.6 Å². The van der Waals surface area contributed by atoms with Gasteiger partial charge in [-0.05, 0) is 54.4 Å². The van der Waals surface area contributed by atoms with Crippen molar-refractivity contribution in [3.63, 3.8) is 0 Å². The highest BCUT2D eigenvalue weighted by molar-refractivity contribution is 6.24. The molecule has 0 bridgehead atoms. The number of rotatable bonds is 8. The molecule has 0 heterocycles. The van der Waals surface area contributed by atoms with Crippen molar-refractivity contribution in [2.75, 3.05) is 33.1 Å². The Morgan fingerprint density at radius 3 is 2.32 bits per heavy atom. The third kappa shape index (κ3) is 4.75. The number of ketones is 2. The van der Waals surface area contributed by atoms with Crippen LogP contribution in [0.1, 0.15) is 42.9 Å². The van der Waals surface area contributed by atoms with Crippen LogP contribution in [0, 0.1) is 11.8 Å². The molecule has 0 aromatic heterocycles. The molecular weight excluding hydrogens is 566 g/mol. The van der Waals surface area contributed by atoms with Gasteiger partial charge in [-0.25, -0.2) is 0 Å². The number of nitrogens with two attached hydrogens (primary N) is 1. The van der Waals surface area contributed by atoms with Crippen LogP contribution in [0.25, 0.3) is 16.9 Å². The molecule has 0 spiro atoms. The molecule has 5 rings (SSSR count). The zero-order valence-electron chi connectivity index (χ0n) is 25.5. The van der Waals surface area contributed by atoms with E-state index >= 15 is 0 Å². The van der Waals surface area contributed by atoms with Crippen molar-refractivity contribution in [3.8, 4) is 16.9 Å². The van der Waals surface area contributed by atoms with Gasteiger partial charge in [0.2, 0.25) is 11.6 Å². The molecular formula is C33H39N3O8. The molecule has 0 aliphatic heterocycles. The first-order chi connectivity index (χ1) is 20.7. The maximum atomic E-state index is 14.2. The van der Waals surface area contributed by atoms with Crippen molar-refractivity contribution < 1.29 is 39.6 Å². The number of hydroxylamine groups is 2. The average Bonchev–Trinajstić information content (AvgIpc) is 2.96. The SMILES string of the molecule is CCCCc1ccc(-c2cc(N(C)C)c3c(c2O)C(O)=C2C(=O)[C@]4(O)C(O)=C(C(N)=O)C(=O)[C@@H](ON(C)C)[C@@H]4C[C@@H]2C3)cc1. The molecule has 1 saturated carbocycles. The Labute approximate surface area is 255 Å². The summed E-state index contributed by atoms with van der Waals surface area (Å²) >= 11 is 0. The van der Waals surface area contributed by atoms with Crippen LogP contribution < -0.4 is 10.6 Å². The second-order valence-corrected chi connectivity index (χ2v) is 12.2. The molecule has 1 amide bonds. The molecule has 4 atom stereocenters. The average molecular weight is 606 g/mol. The van der Waals surface area contributed by atoms with Gasteiger partial charge in [0.05, 0.1) is 5.56 Å². The van der Waals surface area contributed by atoms with Gasteiger partial charge < -0.3 is 31.1 Å². The number of anilines is 1. The third-order valence-electron chi connectivity index (χ3n) is 9.01. The Kier molecular flexibility index (Phi) is 8.08. The highest BCUT2D eigenvalue weighted by Gasteiger charge is 2.64. The summed E-state index contributed by atoms with van der Waals surface area (Å²) < 4.78 is 0. The predicted octanol–water partition coefficient (Wildman–Crippen LogP) is 2.97. The Morgan fingerprint density at radius 2 is 1.75 bits per heavy atom.